The highest BCUT2D eigenvalue weighted by Gasteiger charge is 2.25. The van der Waals surface area contributed by atoms with Crippen LogP contribution in [0.3, 0.4) is 0 Å². The molecule has 1 aromatic rings. The van der Waals surface area contributed by atoms with Crippen LogP contribution in [0.15, 0.2) is 30.3 Å². The molecule has 0 spiro atoms. The number of benzene rings is 1. The number of hydroxylamine groups is 2. The van der Waals surface area contributed by atoms with Crippen LogP contribution in [0.4, 0.5) is 0 Å². The molecule has 120 valence electrons. The van der Waals surface area contributed by atoms with Gasteiger partial charge in [0, 0.05) is 39.0 Å². The molecule has 2 heterocycles. The number of rotatable bonds is 5. The number of carbonyl (C=O) groups excluding carboxylic acids is 1. The molecular weight excluding hydrogens is 280 g/mol. The Balaban J connectivity index is 1.46. The second kappa shape index (κ2) is 7.72. The molecule has 2 saturated heterocycles. The summed E-state index contributed by atoms with van der Waals surface area (Å²) in [5.74, 6) is 0.205. The van der Waals surface area contributed by atoms with Crippen LogP contribution >= 0.6 is 0 Å². The van der Waals surface area contributed by atoms with E-state index in [4.69, 9.17) is 9.57 Å². The van der Waals surface area contributed by atoms with Gasteiger partial charge in [-0.2, -0.15) is 5.06 Å². The summed E-state index contributed by atoms with van der Waals surface area (Å²) in [5.41, 5.74) is 1.26. The predicted molar refractivity (Wildman–Crippen MR) is 83.2 cm³/mol. The van der Waals surface area contributed by atoms with Crippen LogP contribution in [0.5, 0.6) is 0 Å². The zero-order valence-electron chi connectivity index (χ0n) is 12.9. The Morgan fingerprint density at radius 1 is 1.18 bits per heavy atom. The highest BCUT2D eigenvalue weighted by molar-refractivity contribution is 5.76. The Labute approximate surface area is 131 Å². The van der Waals surface area contributed by atoms with Crippen molar-refractivity contribution >= 4 is 5.91 Å². The van der Waals surface area contributed by atoms with Crippen LogP contribution in [0, 0.1) is 0 Å². The van der Waals surface area contributed by atoms with Crippen molar-refractivity contribution in [2.24, 2.45) is 0 Å². The summed E-state index contributed by atoms with van der Waals surface area (Å²) < 4.78 is 5.81. The lowest BCUT2D eigenvalue weighted by molar-refractivity contribution is -0.145. The molecule has 2 aliphatic rings. The van der Waals surface area contributed by atoms with E-state index in [-0.39, 0.29) is 12.0 Å². The average molecular weight is 304 g/mol. The van der Waals surface area contributed by atoms with Gasteiger partial charge in [0.05, 0.1) is 19.3 Å². The minimum absolute atomic E-state index is 0.100. The van der Waals surface area contributed by atoms with E-state index in [1.54, 1.807) is 0 Å². The molecule has 1 aromatic carbocycles. The molecule has 5 heteroatoms. The number of hydrogen-bond donors (Lipinski definition) is 0. The van der Waals surface area contributed by atoms with Gasteiger partial charge < -0.3 is 9.64 Å². The molecule has 0 saturated carbocycles. The van der Waals surface area contributed by atoms with Crippen LogP contribution in [0.1, 0.15) is 18.4 Å². The van der Waals surface area contributed by atoms with Gasteiger partial charge in [-0.3, -0.25) is 9.63 Å². The van der Waals surface area contributed by atoms with Crippen molar-refractivity contribution in [2.75, 3.05) is 39.4 Å². The third-order valence-electron chi connectivity index (χ3n) is 4.20. The van der Waals surface area contributed by atoms with Gasteiger partial charge in [-0.25, -0.2) is 0 Å². The first-order valence-corrected chi connectivity index (χ1v) is 8.12. The van der Waals surface area contributed by atoms with Crippen LogP contribution in [0.25, 0.3) is 0 Å². The lowest BCUT2D eigenvalue weighted by Crippen LogP contribution is -2.47. The van der Waals surface area contributed by atoms with Gasteiger partial charge in [0.2, 0.25) is 5.91 Å². The molecule has 0 aliphatic carbocycles. The topological polar surface area (TPSA) is 42.0 Å². The zero-order chi connectivity index (χ0) is 15.2. The summed E-state index contributed by atoms with van der Waals surface area (Å²) in [7, 11) is 0. The van der Waals surface area contributed by atoms with E-state index in [1.807, 2.05) is 28.2 Å². The molecule has 0 aromatic heterocycles. The average Bonchev–Trinajstić information content (AvgIpc) is 3.07. The third kappa shape index (κ3) is 4.29. The van der Waals surface area contributed by atoms with Crippen LogP contribution < -0.4 is 0 Å². The van der Waals surface area contributed by atoms with Gasteiger partial charge in [0.25, 0.3) is 0 Å². The summed E-state index contributed by atoms with van der Waals surface area (Å²) in [6.07, 6.45) is 2.55. The molecule has 1 amide bonds. The van der Waals surface area contributed by atoms with Crippen LogP contribution in [0.2, 0.25) is 0 Å². The van der Waals surface area contributed by atoms with Crippen molar-refractivity contribution < 1.29 is 14.4 Å². The Morgan fingerprint density at radius 3 is 2.82 bits per heavy atom. The van der Waals surface area contributed by atoms with Crippen LogP contribution in [-0.4, -0.2) is 61.4 Å². The molecule has 0 bridgehead atoms. The molecule has 1 atom stereocenters. The maximum absolute atomic E-state index is 12.3. The first kappa shape index (κ1) is 15.5. The molecule has 5 nitrogen and oxygen atoms in total. The molecule has 2 aliphatic heterocycles. The molecule has 2 fully saturated rings. The van der Waals surface area contributed by atoms with E-state index < -0.39 is 0 Å². The van der Waals surface area contributed by atoms with E-state index in [0.29, 0.717) is 32.7 Å². The maximum Gasteiger partial charge on any atom is 0.224 e. The van der Waals surface area contributed by atoms with E-state index in [2.05, 4.69) is 12.1 Å². The van der Waals surface area contributed by atoms with Crippen molar-refractivity contribution in [3.63, 3.8) is 0 Å². The third-order valence-corrected chi connectivity index (χ3v) is 4.20. The summed E-state index contributed by atoms with van der Waals surface area (Å²) in [6, 6.07) is 10.3. The van der Waals surface area contributed by atoms with E-state index in [0.717, 1.165) is 26.0 Å². The Hall–Kier alpha value is -1.43. The number of amides is 1. The molecule has 0 unspecified atom stereocenters. The quantitative estimate of drug-likeness (QED) is 0.826. The fourth-order valence-electron chi connectivity index (χ4n) is 3.00. The second-order valence-electron chi connectivity index (χ2n) is 5.89. The van der Waals surface area contributed by atoms with Gasteiger partial charge in [0.1, 0.15) is 0 Å². The van der Waals surface area contributed by atoms with E-state index >= 15 is 0 Å². The summed E-state index contributed by atoms with van der Waals surface area (Å²) in [4.78, 5) is 19.7. The monoisotopic (exact) mass is 304 g/mol. The predicted octanol–water partition coefficient (Wildman–Crippen LogP) is 1.48. The Kier molecular flexibility index (Phi) is 5.43. The van der Waals surface area contributed by atoms with Gasteiger partial charge >= 0.3 is 0 Å². The van der Waals surface area contributed by atoms with Gasteiger partial charge in [-0.1, -0.05) is 30.3 Å². The summed E-state index contributed by atoms with van der Waals surface area (Å²) in [6.45, 7) is 4.43. The largest absolute Gasteiger partial charge is 0.374 e. The van der Waals surface area contributed by atoms with E-state index in [1.165, 1.54) is 5.56 Å². The normalized spacial score (nSPS) is 22.9. The lowest BCUT2D eigenvalue weighted by atomic mass is 10.1. The molecule has 22 heavy (non-hydrogen) atoms. The molecular formula is C17H24N2O3. The van der Waals surface area contributed by atoms with Crippen molar-refractivity contribution in [2.45, 2.75) is 25.4 Å². The van der Waals surface area contributed by atoms with Gasteiger partial charge in [0.15, 0.2) is 0 Å². The summed E-state index contributed by atoms with van der Waals surface area (Å²) >= 11 is 0. The first-order chi connectivity index (χ1) is 10.8. The van der Waals surface area contributed by atoms with Gasteiger partial charge in [-0.15, -0.1) is 0 Å². The minimum atomic E-state index is 0.100. The van der Waals surface area contributed by atoms with Gasteiger partial charge in [-0.05, 0) is 12.0 Å². The number of morpholine rings is 1. The highest BCUT2D eigenvalue weighted by atomic mass is 16.7. The minimum Gasteiger partial charge on any atom is -0.374 e. The smallest absolute Gasteiger partial charge is 0.224 e. The van der Waals surface area contributed by atoms with E-state index in [9.17, 15) is 4.79 Å². The lowest BCUT2D eigenvalue weighted by Gasteiger charge is -2.33. The maximum atomic E-state index is 12.3. The standard InChI is InChI=1S/C17H24N2O3/c20-17(7-9-19-8-4-11-22-19)18-10-12-21-16(14-18)13-15-5-2-1-3-6-15/h1-3,5-6,16H,4,7-14H2/t16-/m1/s1. The van der Waals surface area contributed by atoms with Crippen molar-refractivity contribution in [1.29, 1.82) is 0 Å². The highest BCUT2D eigenvalue weighted by Crippen LogP contribution is 2.13. The first-order valence-electron chi connectivity index (χ1n) is 8.12. The second-order valence-corrected chi connectivity index (χ2v) is 5.89. The summed E-state index contributed by atoms with van der Waals surface area (Å²) in [5, 5.41) is 1.90. The van der Waals surface area contributed by atoms with Crippen LogP contribution in [-0.2, 0) is 20.8 Å². The number of ether oxygens (including phenoxy) is 1. The fraction of sp³-hybridized carbons (Fsp3) is 0.588. The fourth-order valence-corrected chi connectivity index (χ4v) is 3.00. The molecule has 3 rings (SSSR count). The molecule has 0 N–H and O–H groups in total. The Bertz CT molecular complexity index is 474. The Morgan fingerprint density at radius 2 is 2.05 bits per heavy atom. The number of hydrogen-bond acceptors (Lipinski definition) is 4. The number of carbonyl (C=O) groups is 1. The van der Waals surface area contributed by atoms with Crippen molar-refractivity contribution in [3.8, 4) is 0 Å². The SMILES string of the molecule is O=C(CCN1CCCO1)N1CCO[C@H](Cc2ccccc2)C1. The number of nitrogens with zero attached hydrogens (tertiary/aromatic N) is 2. The van der Waals surface area contributed by atoms with Crippen molar-refractivity contribution in [1.82, 2.24) is 9.96 Å². The molecule has 0 radical (unpaired) electrons. The van der Waals surface area contributed by atoms with Crippen molar-refractivity contribution in [3.05, 3.63) is 35.9 Å². The zero-order valence-corrected chi connectivity index (χ0v) is 12.9.